The maximum absolute atomic E-state index is 12.0. The number of carboxylic acids is 4. The molecular weight excluding hydrogens is 362 g/mol. The van der Waals surface area contributed by atoms with E-state index in [2.05, 4.69) is 0 Å². The van der Waals surface area contributed by atoms with E-state index in [0.717, 1.165) is 0 Å². The van der Waals surface area contributed by atoms with E-state index in [9.17, 15) is 45.5 Å². The Morgan fingerprint density at radius 2 is 0.875 bits per heavy atom. The molecule has 0 radical (unpaired) electrons. The third-order valence-corrected chi connectivity index (χ3v) is 2.13. The van der Waals surface area contributed by atoms with Gasteiger partial charge in [-0.1, -0.05) is 0 Å². The lowest BCUT2D eigenvalue weighted by molar-refractivity contribution is -0.214. The van der Waals surface area contributed by atoms with Crippen molar-refractivity contribution in [3.8, 4) is 0 Å². The summed E-state index contributed by atoms with van der Waals surface area (Å²) in [4.78, 5) is 39.7. The molecule has 0 aliphatic heterocycles. The van der Waals surface area contributed by atoms with Crippen LogP contribution in [0.2, 0.25) is 0 Å². The number of hydrogen-bond acceptors (Lipinski definition) is 4. The number of rotatable bonds is 6. The molecule has 0 fully saturated rings. The van der Waals surface area contributed by atoms with Gasteiger partial charge in [-0.2, -0.15) is 26.3 Å². The first-order chi connectivity index (χ1) is 10.4. The lowest BCUT2D eigenvalue weighted by Crippen LogP contribution is -2.46. The molecule has 0 aliphatic rings. The number of alkyl halides is 6. The minimum atomic E-state index is -5.35. The van der Waals surface area contributed by atoms with Crippen molar-refractivity contribution >= 4 is 23.9 Å². The summed E-state index contributed by atoms with van der Waals surface area (Å²) in [6, 6.07) is 0. The lowest BCUT2D eigenvalue weighted by atomic mass is 9.80. The molecular formula is C10H10F6O8. The first-order valence-corrected chi connectivity index (χ1v) is 5.47. The molecule has 0 spiro atoms. The van der Waals surface area contributed by atoms with Crippen LogP contribution in [0.5, 0.6) is 0 Å². The van der Waals surface area contributed by atoms with Crippen molar-refractivity contribution in [2.75, 3.05) is 0 Å². The van der Waals surface area contributed by atoms with Crippen LogP contribution in [0, 0.1) is 5.41 Å². The van der Waals surface area contributed by atoms with Gasteiger partial charge in [-0.25, -0.2) is 0 Å². The zero-order valence-electron chi connectivity index (χ0n) is 11.3. The molecule has 0 saturated heterocycles. The van der Waals surface area contributed by atoms with Crippen molar-refractivity contribution in [3.05, 3.63) is 0 Å². The van der Waals surface area contributed by atoms with Crippen LogP contribution in [-0.4, -0.2) is 56.7 Å². The Hall–Kier alpha value is -2.54. The predicted molar refractivity (Wildman–Crippen MR) is 58.9 cm³/mol. The van der Waals surface area contributed by atoms with Crippen molar-refractivity contribution in [3.63, 3.8) is 0 Å². The monoisotopic (exact) mass is 372 g/mol. The average Bonchev–Trinajstić information content (AvgIpc) is 2.21. The fourth-order valence-electron chi connectivity index (χ4n) is 1.27. The van der Waals surface area contributed by atoms with Crippen LogP contribution < -0.4 is 0 Å². The standard InChI is InChI=1S/C7H6F6O4.C3H4O4/c8-6(9,10)1-5(3(14)15,4(16)17)2-7(11,12)13;4-2(5)1-3(6)7/h1-2H2,(H,14,15)(H,16,17);1H2,(H,4,5)(H,6,7). The summed E-state index contributed by atoms with van der Waals surface area (Å²) in [7, 11) is 0. The second-order valence-electron chi connectivity index (χ2n) is 4.24. The zero-order chi connectivity index (χ0) is 19.9. The number of halogens is 6. The van der Waals surface area contributed by atoms with Crippen LogP contribution in [0.25, 0.3) is 0 Å². The smallest absolute Gasteiger partial charge is 0.390 e. The molecule has 14 heteroatoms. The fraction of sp³-hybridized carbons (Fsp3) is 0.600. The number of hydrogen-bond donors (Lipinski definition) is 4. The normalized spacial score (nSPS) is 11.9. The van der Waals surface area contributed by atoms with E-state index in [1.807, 2.05) is 0 Å². The highest BCUT2D eigenvalue weighted by Gasteiger charge is 2.59. The molecule has 0 rings (SSSR count). The molecule has 0 aliphatic carbocycles. The SMILES string of the molecule is O=C(O)C(CC(F)(F)F)(CC(F)(F)F)C(=O)O.O=C(O)CC(=O)O. The van der Waals surface area contributed by atoms with Crippen LogP contribution in [0.1, 0.15) is 19.3 Å². The predicted octanol–water partition coefficient (Wildman–Crippen LogP) is 1.59. The molecule has 8 nitrogen and oxygen atoms in total. The van der Waals surface area contributed by atoms with Gasteiger partial charge in [-0.3, -0.25) is 19.2 Å². The highest BCUT2D eigenvalue weighted by atomic mass is 19.4. The van der Waals surface area contributed by atoms with Crippen LogP contribution >= 0.6 is 0 Å². The average molecular weight is 372 g/mol. The summed E-state index contributed by atoms with van der Waals surface area (Å²) in [5.74, 6) is -7.99. The van der Waals surface area contributed by atoms with Crippen molar-refractivity contribution < 1.29 is 65.9 Å². The zero-order valence-corrected chi connectivity index (χ0v) is 11.3. The van der Waals surface area contributed by atoms with Gasteiger partial charge in [0.05, 0.1) is 12.8 Å². The largest absolute Gasteiger partial charge is 0.481 e. The van der Waals surface area contributed by atoms with Crippen molar-refractivity contribution in [1.82, 2.24) is 0 Å². The van der Waals surface area contributed by atoms with Gasteiger partial charge in [0.15, 0.2) is 5.41 Å². The third kappa shape index (κ3) is 10.2. The summed E-state index contributed by atoms with van der Waals surface area (Å²) in [5, 5.41) is 32.1. The molecule has 0 aromatic carbocycles. The van der Waals surface area contributed by atoms with Crippen LogP contribution in [0.3, 0.4) is 0 Å². The van der Waals surface area contributed by atoms with Crippen molar-refractivity contribution in [1.29, 1.82) is 0 Å². The van der Waals surface area contributed by atoms with Gasteiger partial charge in [0, 0.05) is 0 Å². The maximum atomic E-state index is 12.0. The van der Waals surface area contributed by atoms with Crippen LogP contribution in [-0.2, 0) is 19.2 Å². The Morgan fingerprint density at radius 1 is 0.625 bits per heavy atom. The summed E-state index contributed by atoms with van der Waals surface area (Å²) >= 11 is 0. The second kappa shape index (κ2) is 8.35. The molecule has 140 valence electrons. The first kappa shape index (κ1) is 23.7. The van der Waals surface area contributed by atoms with Crippen LogP contribution in [0.15, 0.2) is 0 Å². The second-order valence-corrected chi connectivity index (χ2v) is 4.24. The molecule has 0 amide bonds. The van der Waals surface area contributed by atoms with E-state index in [-0.39, 0.29) is 0 Å². The summed E-state index contributed by atoms with van der Waals surface area (Å²) in [6.45, 7) is 0. The molecule has 24 heavy (non-hydrogen) atoms. The Kier molecular flexibility index (Phi) is 8.25. The fourth-order valence-corrected chi connectivity index (χ4v) is 1.27. The lowest BCUT2D eigenvalue weighted by Gasteiger charge is -2.26. The molecule has 0 aromatic heterocycles. The molecule has 0 atom stereocenters. The first-order valence-electron chi connectivity index (χ1n) is 5.47. The Balaban J connectivity index is 0. The minimum absolute atomic E-state index is 0.806. The summed E-state index contributed by atoms with van der Waals surface area (Å²) in [5.41, 5.74) is -3.95. The summed E-state index contributed by atoms with van der Waals surface area (Å²) in [6.07, 6.45) is -16.7. The van der Waals surface area contributed by atoms with Gasteiger partial charge in [0.2, 0.25) is 0 Å². The van der Waals surface area contributed by atoms with E-state index < -0.39 is 60.9 Å². The Labute approximate surface area is 128 Å². The molecule has 4 N–H and O–H groups in total. The van der Waals surface area contributed by atoms with Gasteiger partial charge in [-0.15, -0.1) is 0 Å². The number of carboxylic acid groups (broad SMARTS) is 4. The van der Waals surface area contributed by atoms with E-state index in [1.54, 1.807) is 0 Å². The molecule has 0 bridgehead atoms. The quantitative estimate of drug-likeness (QED) is 0.406. The van der Waals surface area contributed by atoms with E-state index in [4.69, 9.17) is 20.4 Å². The van der Waals surface area contributed by atoms with Gasteiger partial charge in [0.1, 0.15) is 6.42 Å². The topological polar surface area (TPSA) is 149 Å². The maximum Gasteiger partial charge on any atom is 0.390 e. The Morgan fingerprint density at radius 3 is 0.958 bits per heavy atom. The molecule has 0 saturated carbocycles. The number of aliphatic carboxylic acids is 4. The van der Waals surface area contributed by atoms with Crippen molar-refractivity contribution in [2.24, 2.45) is 5.41 Å². The molecule has 0 aromatic rings. The summed E-state index contributed by atoms with van der Waals surface area (Å²) < 4.78 is 71.7. The van der Waals surface area contributed by atoms with Gasteiger partial charge in [0.25, 0.3) is 0 Å². The van der Waals surface area contributed by atoms with E-state index >= 15 is 0 Å². The molecule has 0 unspecified atom stereocenters. The van der Waals surface area contributed by atoms with Crippen molar-refractivity contribution in [2.45, 2.75) is 31.6 Å². The van der Waals surface area contributed by atoms with Gasteiger partial charge in [-0.05, 0) is 0 Å². The third-order valence-electron chi connectivity index (χ3n) is 2.13. The van der Waals surface area contributed by atoms with E-state index in [1.165, 1.54) is 0 Å². The van der Waals surface area contributed by atoms with E-state index in [0.29, 0.717) is 0 Å². The number of carbonyl (C=O) groups is 4. The highest BCUT2D eigenvalue weighted by Crippen LogP contribution is 2.42. The van der Waals surface area contributed by atoms with Gasteiger partial charge < -0.3 is 20.4 Å². The molecule has 0 heterocycles. The highest BCUT2D eigenvalue weighted by molar-refractivity contribution is 5.98. The van der Waals surface area contributed by atoms with Crippen LogP contribution in [0.4, 0.5) is 26.3 Å². The minimum Gasteiger partial charge on any atom is -0.481 e. The Bertz CT molecular complexity index is 451. The van der Waals surface area contributed by atoms with Gasteiger partial charge >= 0.3 is 36.2 Å².